The second-order valence-corrected chi connectivity index (χ2v) is 9.90. The number of amides is 2. The fraction of sp³-hybridized carbons (Fsp3) is 0.368. The van der Waals surface area contributed by atoms with Gasteiger partial charge in [0.2, 0.25) is 5.91 Å². The maximum absolute atomic E-state index is 12.7. The zero-order valence-electron chi connectivity index (χ0n) is 15.6. The fourth-order valence-electron chi connectivity index (χ4n) is 3.04. The van der Waals surface area contributed by atoms with Gasteiger partial charge in [0.15, 0.2) is 0 Å². The van der Waals surface area contributed by atoms with Gasteiger partial charge in [-0.1, -0.05) is 6.42 Å². The van der Waals surface area contributed by atoms with Gasteiger partial charge in [0, 0.05) is 36.3 Å². The Hall–Kier alpha value is -2.23. The lowest BCUT2D eigenvalue weighted by Crippen LogP contribution is -2.35. The van der Waals surface area contributed by atoms with E-state index in [-0.39, 0.29) is 22.4 Å². The Labute approximate surface area is 168 Å². The summed E-state index contributed by atoms with van der Waals surface area (Å²) in [5.74, 6) is -0.435. The number of sulfonamides is 1. The first-order valence-corrected chi connectivity index (χ1v) is 11.4. The summed E-state index contributed by atoms with van der Waals surface area (Å²) in [4.78, 5) is 24.5. The molecule has 1 aliphatic heterocycles. The Morgan fingerprint density at radius 3 is 2.36 bits per heavy atom. The van der Waals surface area contributed by atoms with E-state index in [1.165, 1.54) is 4.31 Å². The molecule has 0 radical (unpaired) electrons. The molecule has 2 N–H and O–H groups in total. The number of hydrogen-bond donors (Lipinski definition) is 2. The second-order valence-electron chi connectivity index (χ2n) is 6.57. The molecule has 2 heterocycles. The van der Waals surface area contributed by atoms with Crippen LogP contribution in [0.4, 0.5) is 5.69 Å². The lowest BCUT2D eigenvalue weighted by atomic mass is 10.2. The predicted molar refractivity (Wildman–Crippen MR) is 109 cm³/mol. The molecule has 1 fully saturated rings. The van der Waals surface area contributed by atoms with Gasteiger partial charge in [-0.2, -0.15) is 4.31 Å². The Balaban J connectivity index is 1.61. The van der Waals surface area contributed by atoms with Crippen molar-refractivity contribution in [1.29, 1.82) is 0 Å². The van der Waals surface area contributed by atoms with Gasteiger partial charge in [-0.3, -0.25) is 9.59 Å². The van der Waals surface area contributed by atoms with Gasteiger partial charge in [-0.25, -0.2) is 8.42 Å². The van der Waals surface area contributed by atoms with Crippen molar-refractivity contribution in [3.63, 3.8) is 0 Å². The van der Waals surface area contributed by atoms with Crippen LogP contribution in [0, 0.1) is 0 Å². The zero-order valence-corrected chi connectivity index (χ0v) is 17.2. The molecule has 1 aromatic carbocycles. The highest BCUT2D eigenvalue weighted by atomic mass is 32.2. The van der Waals surface area contributed by atoms with E-state index in [4.69, 9.17) is 0 Å². The number of rotatable bonds is 6. The van der Waals surface area contributed by atoms with Crippen molar-refractivity contribution in [3.8, 4) is 0 Å². The summed E-state index contributed by atoms with van der Waals surface area (Å²) in [5.41, 5.74) is 1.08. The van der Waals surface area contributed by atoms with Crippen LogP contribution in [-0.4, -0.2) is 44.7 Å². The molecule has 1 aromatic heterocycles. The predicted octanol–water partition coefficient (Wildman–Crippen LogP) is 2.46. The molecule has 0 bridgehead atoms. The summed E-state index contributed by atoms with van der Waals surface area (Å²) < 4.78 is 27.2. The Kier molecular flexibility index (Phi) is 6.48. The topological polar surface area (TPSA) is 95.6 Å². The second kappa shape index (κ2) is 8.85. The number of hydrogen-bond acceptors (Lipinski definition) is 5. The van der Waals surface area contributed by atoms with E-state index in [2.05, 4.69) is 10.6 Å². The van der Waals surface area contributed by atoms with Crippen LogP contribution < -0.4 is 10.6 Å². The third kappa shape index (κ3) is 4.78. The molecule has 1 aliphatic rings. The van der Waals surface area contributed by atoms with E-state index in [9.17, 15) is 18.0 Å². The minimum Gasteiger partial charge on any atom is -0.355 e. The first-order valence-electron chi connectivity index (χ1n) is 9.11. The van der Waals surface area contributed by atoms with E-state index in [0.717, 1.165) is 30.6 Å². The van der Waals surface area contributed by atoms with E-state index in [1.54, 1.807) is 43.4 Å². The van der Waals surface area contributed by atoms with Crippen LogP contribution in [0.1, 0.15) is 34.5 Å². The maximum Gasteiger partial charge on any atom is 0.252 e. The standard InChI is InChI=1S/C19H23N3O4S2/c1-20-19(24)14-5-7-15(8-6-14)21-17(23)13-16-9-10-18(27-16)28(25,26)22-11-3-2-4-12-22/h5-10H,2-4,11-13H2,1H3,(H,20,24)(H,21,23). The molecule has 0 atom stereocenters. The number of carbonyl (C=O) groups is 2. The molecule has 0 unspecified atom stereocenters. The summed E-state index contributed by atoms with van der Waals surface area (Å²) >= 11 is 1.14. The highest BCUT2D eigenvalue weighted by Gasteiger charge is 2.27. The first kappa shape index (κ1) is 20.5. The van der Waals surface area contributed by atoms with Gasteiger partial charge in [0.25, 0.3) is 15.9 Å². The fourth-order valence-corrected chi connectivity index (χ4v) is 6.06. The molecule has 7 nitrogen and oxygen atoms in total. The van der Waals surface area contributed by atoms with Crippen LogP contribution in [0.25, 0.3) is 0 Å². The van der Waals surface area contributed by atoms with Crippen molar-refractivity contribution in [2.45, 2.75) is 29.9 Å². The number of thiophene rings is 1. The average molecular weight is 422 g/mol. The molecule has 0 saturated carbocycles. The quantitative estimate of drug-likeness (QED) is 0.749. The molecular weight excluding hydrogens is 398 g/mol. The van der Waals surface area contributed by atoms with E-state index < -0.39 is 10.0 Å². The molecule has 1 saturated heterocycles. The molecule has 0 aliphatic carbocycles. The SMILES string of the molecule is CNC(=O)c1ccc(NC(=O)Cc2ccc(S(=O)(=O)N3CCCCC3)s2)cc1. The van der Waals surface area contributed by atoms with Gasteiger partial charge in [-0.05, 0) is 49.2 Å². The number of piperidine rings is 1. The lowest BCUT2D eigenvalue weighted by molar-refractivity contribution is -0.115. The summed E-state index contributed by atoms with van der Waals surface area (Å²) in [7, 11) is -1.91. The van der Waals surface area contributed by atoms with E-state index >= 15 is 0 Å². The number of nitrogens with one attached hydrogen (secondary N) is 2. The van der Waals surface area contributed by atoms with Gasteiger partial charge in [-0.15, -0.1) is 11.3 Å². The van der Waals surface area contributed by atoms with Crippen molar-refractivity contribution in [1.82, 2.24) is 9.62 Å². The molecule has 2 amide bonds. The van der Waals surface area contributed by atoms with Crippen LogP contribution in [0.5, 0.6) is 0 Å². The molecule has 3 rings (SSSR count). The lowest BCUT2D eigenvalue weighted by Gasteiger charge is -2.25. The number of anilines is 1. The van der Waals surface area contributed by atoms with Gasteiger partial charge >= 0.3 is 0 Å². The molecule has 9 heteroatoms. The summed E-state index contributed by atoms with van der Waals surface area (Å²) in [6.45, 7) is 1.12. The number of carbonyl (C=O) groups excluding carboxylic acids is 2. The molecule has 28 heavy (non-hydrogen) atoms. The highest BCUT2D eigenvalue weighted by molar-refractivity contribution is 7.91. The van der Waals surface area contributed by atoms with Gasteiger partial charge in [0.1, 0.15) is 4.21 Å². The third-order valence-corrected chi connectivity index (χ3v) is 7.99. The summed E-state index contributed by atoms with van der Waals surface area (Å²) in [5, 5.41) is 5.30. The van der Waals surface area contributed by atoms with Crippen LogP contribution in [0.2, 0.25) is 0 Å². The third-order valence-electron chi connectivity index (χ3n) is 4.54. The molecular formula is C19H23N3O4S2. The van der Waals surface area contributed by atoms with Crippen molar-refractivity contribution < 1.29 is 18.0 Å². The van der Waals surface area contributed by atoms with Gasteiger partial charge < -0.3 is 10.6 Å². The molecule has 2 aromatic rings. The Bertz CT molecular complexity index is 946. The van der Waals surface area contributed by atoms with E-state index in [0.29, 0.717) is 29.2 Å². The van der Waals surface area contributed by atoms with Crippen LogP contribution in [0.15, 0.2) is 40.6 Å². The first-order chi connectivity index (χ1) is 13.4. The van der Waals surface area contributed by atoms with E-state index in [1.807, 2.05) is 0 Å². The van der Waals surface area contributed by atoms with Crippen molar-refractivity contribution in [2.24, 2.45) is 0 Å². The zero-order chi connectivity index (χ0) is 20.1. The monoisotopic (exact) mass is 421 g/mol. The van der Waals surface area contributed by atoms with Crippen LogP contribution in [0.3, 0.4) is 0 Å². The maximum atomic E-state index is 12.7. The normalized spacial score (nSPS) is 15.2. The minimum atomic E-state index is -3.47. The highest BCUT2D eigenvalue weighted by Crippen LogP contribution is 2.27. The van der Waals surface area contributed by atoms with Crippen molar-refractivity contribution >= 4 is 38.9 Å². The minimum absolute atomic E-state index is 0.0946. The van der Waals surface area contributed by atoms with Crippen LogP contribution >= 0.6 is 11.3 Å². The number of benzene rings is 1. The molecule has 150 valence electrons. The Morgan fingerprint density at radius 1 is 1.04 bits per heavy atom. The summed E-state index contributed by atoms with van der Waals surface area (Å²) in [6.07, 6.45) is 2.93. The largest absolute Gasteiger partial charge is 0.355 e. The number of nitrogens with zero attached hydrogens (tertiary/aromatic N) is 1. The van der Waals surface area contributed by atoms with Gasteiger partial charge in [0.05, 0.1) is 6.42 Å². The van der Waals surface area contributed by atoms with Crippen molar-refractivity contribution in [2.75, 3.05) is 25.5 Å². The Morgan fingerprint density at radius 2 is 1.71 bits per heavy atom. The molecule has 0 spiro atoms. The smallest absolute Gasteiger partial charge is 0.252 e. The van der Waals surface area contributed by atoms with Crippen molar-refractivity contribution in [3.05, 3.63) is 46.8 Å². The van der Waals surface area contributed by atoms with Crippen LogP contribution in [-0.2, 0) is 21.2 Å². The average Bonchev–Trinajstić information content (AvgIpc) is 3.17. The summed E-state index contributed by atoms with van der Waals surface area (Å²) in [6, 6.07) is 9.84.